The van der Waals surface area contributed by atoms with Gasteiger partial charge in [0.15, 0.2) is 0 Å². The third-order valence-corrected chi connectivity index (χ3v) is 3.22. The minimum atomic E-state index is -0.900. The number of nitrogens with two attached hydrogens (primary N) is 1. The van der Waals surface area contributed by atoms with E-state index in [-0.39, 0.29) is 6.54 Å². The molecule has 0 aliphatic carbocycles. The van der Waals surface area contributed by atoms with Gasteiger partial charge in [-0.2, -0.15) is 0 Å². The van der Waals surface area contributed by atoms with Gasteiger partial charge in [-0.15, -0.1) is 0 Å². The van der Waals surface area contributed by atoms with E-state index in [4.69, 9.17) is 10.8 Å². The normalized spacial score (nSPS) is 12.9. The van der Waals surface area contributed by atoms with Gasteiger partial charge in [-0.05, 0) is 27.6 Å². The molecule has 0 fully saturated rings. The lowest BCUT2D eigenvalue weighted by Gasteiger charge is -2.11. The smallest absolute Gasteiger partial charge is 0.312 e. The number of aliphatic carboxylic acids is 1. The first-order valence-electron chi connectivity index (χ1n) is 4.83. The lowest BCUT2D eigenvalue weighted by molar-refractivity contribution is -0.138. The van der Waals surface area contributed by atoms with Gasteiger partial charge in [-0.25, -0.2) is 0 Å². The molecule has 1 unspecified atom stereocenters. The second-order valence-electron chi connectivity index (χ2n) is 3.53. The van der Waals surface area contributed by atoms with Crippen molar-refractivity contribution >= 4 is 32.8 Å². The average molecular weight is 283 g/mol. The van der Waals surface area contributed by atoms with Crippen LogP contribution in [0.15, 0.2) is 28.9 Å². The van der Waals surface area contributed by atoms with Crippen molar-refractivity contribution in [3.8, 4) is 0 Å². The molecule has 0 aliphatic heterocycles. The van der Waals surface area contributed by atoms with Crippen molar-refractivity contribution in [3.05, 3.63) is 34.4 Å². The predicted octanol–water partition coefficient (Wildman–Crippen LogP) is 2.06. The summed E-state index contributed by atoms with van der Waals surface area (Å²) in [6, 6.07) is 5.53. The monoisotopic (exact) mass is 282 g/mol. The van der Waals surface area contributed by atoms with Gasteiger partial charge in [0.05, 0.1) is 5.92 Å². The second-order valence-corrected chi connectivity index (χ2v) is 4.39. The Kier molecular flexibility index (Phi) is 2.98. The Labute approximate surface area is 101 Å². The quantitative estimate of drug-likeness (QED) is 0.806. The number of carboxylic acid groups (broad SMARTS) is 1. The third-order valence-electron chi connectivity index (χ3n) is 2.60. The first-order chi connectivity index (χ1) is 7.65. The van der Waals surface area contributed by atoms with E-state index in [9.17, 15) is 4.79 Å². The Hall–Kier alpha value is -1.33. The average Bonchev–Trinajstić information content (AvgIpc) is 2.62. The number of H-pyrrole nitrogens is 1. The SMILES string of the molecule is NCC(C(=O)O)c1cccc2[nH]cc(Br)c12. The fourth-order valence-electron chi connectivity index (χ4n) is 1.82. The van der Waals surface area contributed by atoms with Crippen molar-refractivity contribution in [2.24, 2.45) is 5.73 Å². The lowest BCUT2D eigenvalue weighted by atomic mass is 9.96. The van der Waals surface area contributed by atoms with Crippen LogP contribution in [0.25, 0.3) is 10.9 Å². The number of hydrogen-bond donors (Lipinski definition) is 3. The highest BCUT2D eigenvalue weighted by atomic mass is 79.9. The summed E-state index contributed by atoms with van der Waals surface area (Å²) in [7, 11) is 0. The van der Waals surface area contributed by atoms with E-state index < -0.39 is 11.9 Å². The highest BCUT2D eigenvalue weighted by Crippen LogP contribution is 2.31. The minimum absolute atomic E-state index is 0.0894. The van der Waals surface area contributed by atoms with Crippen LogP contribution in [-0.2, 0) is 4.79 Å². The molecule has 5 heteroatoms. The molecule has 1 aromatic carbocycles. The first-order valence-corrected chi connectivity index (χ1v) is 5.62. The van der Waals surface area contributed by atoms with Crippen molar-refractivity contribution in [2.45, 2.75) is 5.92 Å². The van der Waals surface area contributed by atoms with E-state index in [0.717, 1.165) is 20.9 Å². The summed E-state index contributed by atoms with van der Waals surface area (Å²) in [5.41, 5.74) is 7.15. The van der Waals surface area contributed by atoms with E-state index in [0.29, 0.717) is 0 Å². The zero-order chi connectivity index (χ0) is 11.7. The molecule has 1 aromatic heterocycles. The lowest BCUT2D eigenvalue weighted by Crippen LogP contribution is -2.21. The molecule has 0 saturated carbocycles. The highest BCUT2D eigenvalue weighted by Gasteiger charge is 2.21. The number of aromatic amines is 1. The maximum atomic E-state index is 11.1. The summed E-state index contributed by atoms with van der Waals surface area (Å²) in [5.74, 6) is -1.57. The molecule has 1 atom stereocenters. The number of fused-ring (bicyclic) bond motifs is 1. The molecule has 1 heterocycles. The number of rotatable bonds is 3. The Balaban J connectivity index is 2.67. The fourth-order valence-corrected chi connectivity index (χ4v) is 2.38. The van der Waals surface area contributed by atoms with Crippen LogP contribution in [0.5, 0.6) is 0 Å². The zero-order valence-electron chi connectivity index (χ0n) is 8.40. The van der Waals surface area contributed by atoms with Crippen LogP contribution < -0.4 is 5.73 Å². The topological polar surface area (TPSA) is 79.1 Å². The van der Waals surface area contributed by atoms with Gasteiger partial charge in [-0.3, -0.25) is 4.79 Å². The van der Waals surface area contributed by atoms with Crippen LogP contribution in [-0.4, -0.2) is 22.6 Å². The number of halogens is 1. The van der Waals surface area contributed by atoms with Gasteiger partial charge >= 0.3 is 5.97 Å². The van der Waals surface area contributed by atoms with Crippen molar-refractivity contribution in [2.75, 3.05) is 6.54 Å². The molecule has 84 valence electrons. The molecule has 0 saturated heterocycles. The largest absolute Gasteiger partial charge is 0.481 e. The number of hydrogen-bond acceptors (Lipinski definition) is 2. The minimum Gasteiger partial charge on any atom is -0.481 e. The summed E-state index contributed by atoms with van der Waals surface area (Å²) in [6.07, 6.45) is 1.80. The molecule has 0 amide bonds. The van der Waals surface area contributed by atoms with Crippen molar-refractivity contribution in [1.29, 1.82) is 0 Å². The molecule has 0 spiro atoms. The van der Waals surface area contributed by atoms with Crippen LogP contribution in [0, 0.1) is 0 Å². The Bertz CT molecular complexity index is 536. The molecule has 4 N–H and O–H groups in total. The summed E-state index contributed by atoms with van der Waals surface area (Å²) in [5, 5.41) is 10.00. The zero-order valence-corrected chi connectivity index (χ0v) is 9.99. The van der Waals surface area contributed by atoms with Gasteiger partial charge in [0.2, 0.25) is 0 Å². The van der Waals surface area contributed by atoms with Gasteiger partial charge in [0, 0.05) is 28.1 Å². The molecule has 0 radical (unpaired) electrons. The van der Waals surface area contributed by atoms with Gasteiger partial charge in [-0.1, -0.05) is 12.1 Å². The Morgan fingerprint density at radius 3 is 2.94 bits per heavy atom. The fraction of sp³-hybridized carbons (Fsp3) is 0.182. The van der Waals surface area contributed by atoms with E-state index in [2.05, 4.69) is 20.9 Å². The van der Waals surface area contributed by atoms with Gasteiger partial charge < -0.3 is 15.8 Å². The summed E-state index contributed by atoms with van der Waals surface area (Å²) >= 11 is 3.40. The summed E-state index contributed by atoms with van der Waals surface area (Å²) in [6.45, 7) is 0.0894. The number of carbonyl (C=O) groups is 1. The van der Waals surface area contributed by atoms with Crippen LogP contribution in [0.3, 0.4) is 0 Å². The van der Waals surface area contributed by atoms with Crippen molar-refractivity contribution < 1.29 is 9.90 Å². The summed E-state index contributed by atoms with van der Waals surface area (Å²) in [4.78, 5) is 14.2. The van der Waals surface area contributed by atoms with Crippen molar-refractivity contribution in [1.82, 2.24) is 4.98 Å². The molecule has 4 nitrogen and oxygen atoms in total. The summed E-state index contributed by atoms with van der Waals surface area (Å²) < 4.78 is 0.859. The number of nitrogens with one attached hydrogen (secondary N) is 1. The molecular weight excluding hydrogens is 272 g/mol. The molecule has 0 bridgehead atoms. The predicted molar refractivity (Wildman–Crippen MR) is 65.4 cm³/mol. The molecule has 2 rings (SSSR count). The van der Waals surface area contributed by atoms with Gasteiger partial charge in [0.1, 0.15) is 0 Å². The van der Waals surface area contributed by atoms with Crippen LogP contribution in [0.4, 0.5) is 0 Å². The van der Waals surface area contributed by atoms with E-state index in [1.807, 2.05) is 12.1 Å². The Morgan fingerprint density at radius 2 is 2.31 bits per heavy atom. The highest BCUT2D eigenvalue weighted by molar-refractivity contribution is 9.10. The Morgan fingerprint density at radius 1 is 1.56 bits per heavy atom. The molecular formula is C11H11BrN2O2. The standard InChI is InChI=1S/C11H11BrN2O2/c12-8-5-14-9-3-1-2-6(10(8)9)7(4-13)11(15)16/h1-3,5,7,14H,4,13H2,(H,15,16). The maximum Gasteiger partial charge on any atom is 0.312 e. The van der Waals surface area contributed by atoms with Gasteiger partial charge in [0.25, 0.3) is 0 Å². The van der Waals surface area contributed by atoms with Crippen molar-refractivity contribution in [3.63, 3.8) is 0 Å². The second kappa shape index (κ2) is 4.27. The molecule has 2 aromatic rings. The van der Waals surface area contributed by atoms with E-state index >= 15 is 0 Å². The van der Waals surface area contributed by atoms with Crippen LogP contribution >= 0.6 is 15.9 Å². The van der Waals surface area contributed by atoms with Crippen LogP contribution in [0.2, 0.25) is 0 Å². The molecule has 16 heavy (non-hydrogen) atoms. The van der Waals surface area contributed by atoms with E-state index in [1.54, 1.807) is 12.3 Å². The number of carboxylic acids is 1. The number of aromatic nitrogens is 1. The first kappa shape index (κ1) is 11.2. The maximum absolute atomic E-state index is 11.1. The van der Waals surface area contributed by atoms with E-state index in [1.165, 1.54) is 0 Å². The molecule has 0 aliphatic rings. The van der Waals surface area contributed by atoms with Crippen LogP contribution in [0.1, 0.15) is 11.5 Å². The third kappa shape index (κ3) is 1.72. The number of benzene rings is 1.